The molecule has 2 heterocycles. The van der Waals surface area contributed by atoms with E-state index >= 15 is 0 Å². The molecule has 0 radical (unpaired) electrons. The number of nitrogens with one attached hydrogen (secondary N) is 1. The molecule has 2 saturated heterocycles. The van der Waals surface area contributed by atoms with Crippen LogP contribution < -0.4 is 11.1 Å². The minimum absolute atomic E-state index is 0.0255. The van der Waals surface area contributed by atoms with E-state index in [1.807, 2.05) is 6.92 Å². The fourth-order valence-corrected chi connectivity index (χ4v) is 2.73. The monoisotopic (exact) mass is 269 g/mol. The lowest BCUT2D eigenvalue weighted by Crippen LogP contribution is -2.57. The van der Waals surface area contributed by atoms with E-state index in [1.54, 1.807) is 4.90 Å². The summed E-state index contributed by atoms with van der Waals surface area (Å²) in [7, 11) is 0. The summed E-state index contributed by atoms with van der Waals surface area (Å²) in [5.74, 6) is 0.0955. The van der Waals surface area contributed by atoms with Crippen molar-refractivity contribution >= 4 is 11.8 Å². The molecule has 1 unspecified atom stereocenters. The molecule has 0 saturated carbocycles. The number of carbonyl (C=O) groups excluding carboxylic acids is 2. The van der Waals surface area contributed by atoms with E-state index in [4.69, 9.17) is 10.5 Å². The van der Waals surface area contributed by atoms with Crippen LogP contribution >= 0.6 is 0 Å². The molecule has 2 rings (SSSR count). The molecule has 19 heavy (non-hydrogen) atoms. The number of amides is 2. The highest BCUT2D eigenvalue weighted by Gasteiger charge is 2.42. The second kappa shape index (κ2) is 5.88. The van der Waals surface area contributed by atoms with Crippen molar-refractivity contribution in [1.29, 1.82) is 0 Å². The first-order valence-corrected chi connectivity index (χ1v) is 7.00. The van der Waals surface area contributed by atoms with Gasteiger partial charge in [0.25, 0.3) is 0 Å². The third-order valence-corrected chi connectivity index (χ3v) is 3.98. The molecular formula is C13H23N3O3. The predicted molar refractivity (Wildman–Crippen MR) is 70.3 cm³/mol. The molecule has 0 bridgehead atoms. The van der Waals surface area contributed by atoms with Crippen LogP contribution in [0, 0.1) is 5.92 Å². The first-order valence-electron chi connectivity index (χ1n) is 7.00. The fraction of sp³-hybridized carbons (Fsp3) is 0.846. The van der Waals surface area contributed by atoms with Gasteiger partial charge in [0, 0.05) is 32.2 Å². The van der Waals surface area contributed by atoms with E-state index < -0.39 is 5.54 Å². The molecule has 2 aliphatic rings. The smallest absolute Gasteiger partial charge is 0.245 e. The lowest BCUT2D eigenvalue weighted by Gasteiger charge is -2.35. The molecule has 6 heteroatoms. The molecule has 0 spiro atoms. The summed E-state index contributed by atoms with van der Waals surface area (Å²) in [6, 6.07) is 0. The number of nitrogens with two attached hydrogens (primary N) is 1. The van der Waals surface area contributed by atoms with Gasteiger partial charge in [-0.3, -0.25) is 9.59 Å². The van der Waals surface area contributed by atoms with Crippen molar-refractivity contribution in [3.8, 4) is 0 Å². The maximum Gasteiger partial charge on any atom is 0.245 e. The number of likely N-dealkylation sites (tertiary alicyclic amines) is 1. The highest BCUT2D eigenvalue weighted by atomic mass is 16.5. The van der Waals surface area contributed by atoms with Gasteiger partial charge in [-0.25, -0.2) is 0 Å². The molecule has 0 aromatic carbocycles. The molecule has 2 fully saturated rings. The minimum atomic E-state index is -0.849. The first kappa shape index (κ1) is 14.3. The predicted octanol–water partition coefficient (Wildman–Crippen LogP) is -0.521. The summed E-state index contributed by atoms with van der Waals surface area (Å²) < 4.78 is 5.23. The fourth-order valence-electron chi connectivity index (χ4n) is 2.73. The summed E-state index contributed by atoms with van der Waals surface area (Å²) in [4.78, 5) is 25.9. The van der Waals surface area contributed by atoms with Gasteiger partial charge in [-0.2, -0.15) is 0 Å². The van der Waals surface area contributed by atoms with Crippen molar-refractivity contribution in [1.82, 2.24) is 10.2 Å². The van der Waals surface area contributed by atoms with E-state index in [1.165, 1.54) is 0 Å². The summed E-state index contributed by atoms with van der Waals surface area (Å²) in [5.41, 5.74) is 5.23. The number of nitrogens with zero attached hydrogens (tertiary/aromatic N) is 1. The van der Waals surface area contributed by atoms with Crippen LogP contribution in [-0.2, 0) is 14.3 Å². The third-order valence-electron chi connectivity index (χ3n) is 3.98. The molecule has 6 nitrogen and oxygen atoms in total. The average molecular weight is 269 g/mol. The number of hydrogen-bond donors (Lipinski definition) is 2. The standard InChI is InChI=1S/C13H23N3O3/c1-2-15-11(17)10-3-6-16(7-4-10)12(18)13(14)5-8-19-9-13/h10H,2-9,14H2,1H3,(H,15,17). The summed E-state index contributed by atoms with van der Waals surface area (Å²) in [6.45, 7) is 4.65. The van der Waals surface area contributed by atoms with Crippen molar-refractivity contribution in [3.05, 3.63) is 0 Å². The van der Waals surface area contributed by atoms with Gasteiger partial charge in [0.05, 0.1) is 6.61 Å². The summed E-state index contributed by atoms with van der Waals surface area (Å²) in [5, 5.41) is 2.83. The number of piperidine rings is 1. The van der Waals surface area contributed by atoms with E-state index in [0.29, 0.717) is 52.1 Å². The van der Waals surface area contributed by atoms with E-state index in [0.717, 1.165) is 0 Å². The van der Waals surface area contributed by atoms with Crippen molar-refractivity contribution in [2.24, 2.45) is 11.7 Å². The van der Waals surface area contributed by atoms with Crippen LogP contribution in [0.3, 0.4) is 0 Å². The maximum absolute atomic E-state index is 12.3. The van der Waals surface area contributed by atoms with E-state index in [2.05, 4.69) is 5.32 Å². The Bertz CT molecular complexity index is 345. The highest BCUT2D eigenvalue weighted by Crippen LogP contribution is 2.23. The van der Waals surface area contributed by atoms with Gasteiger partial charge >= 0.3 is 0 Å². The molecule has 0 aliphatic carbocycles. The van der Waals surface area contributed by atoms with Crippen molar-refractivity contribution in [2.75, 3.05) is 32.8 Å². The highest BCUT2D eigenvalue weighted by molar-refractivity contribution is 5.87. The Morgan fingerprint density at radius 3 is 2.63 bits per heavy atom. The van der Waals surface area contributed by atoms with Crippen molar-refractivity contribution in [3.63, 3.8) is 0 Å². The van der Waals surface area contributed by atoms with Crippen LogP contribution in [-0.4, -0.2) is 55.1 Å². The van der Waals surface area contributed by atoms with Gasteiger partial charge in [-0.05, 0) is 26.2 Å². The van der Waals surface area contributed by atoms with Gasteiger partial charge in [0.15, 0.2) is 0 Å². The Morgan fingerprint density at radius 2 is 2.11 bits per heavy atom. The topological polar surface area (TPSA) is 84.7 Å². The van der Waals surface area contributed by atoms with Crippen molar-refractivity contribution in [2.45, 2.75) is 31.7 Å². The van der Waals surface area contributed by atoms with Crippen LogP contribution in [0.1, 0.15) is 26.2 Å². The molecule has 0 aromatic heterocycles. The lowest BCUT2D eigenvalue weighted by molar-refractivity contribution is -0.140. The Labute approximate surface area is 113 Å². The second-order valence-electron chi connectivity index (χ2n) is 5.42. The zero-order valence-corrected chi connectivity index (χ0v) is 11.5. The van der Waals surface area contributed by atoms with Crippen LogP contribution in [0.2, 0.25) is 0 Å². The lowest BCUT2D eigenvalue weighted by atomic mass is 9.92. The average Bonchev–Trinajstić information content (AvgIpc) is 2.86. The molecule has 1 atom stereocenters. The second-order valence-corrected chi connectivity index (χ2v) is 5.42. The molecule has 0 aromatic rings. The van der Waals surface area contributed by atoms with Gasteiger partial charge in [-0.1, -0.05) is 0 Å². The van der Waals surface area contributed by atoms with Crippen molar-refractivity contribution < 1.29 is 14.3 Å². The Hall–Kier alpha value is -1.14. The number of rotatable bonds is 3. The SMILES string of the molecule is CCNC(=O)C1CCN(C(=O)C2(N)CCOC2)CC1. The molecule has 2 aliphatic heterocycles. The van der Waals surface area contributed by atoms with E-state index in [-0.39, 0.29) is 17.7 Å². The van der Waals surface area contributed by atoms with Gasteiger partial charge in [-0.15, -0.1) is 0 Å². The van der Waals surface area contributed by atoms with Crippen LogP contribution in [0.5, 0.6) is 0 Å². The summed E-state index contributed by atoms with van der Waals surface area (Å²) in [6.07, 6.45) is 2.02. The quantitative estimate of drug-likeness (QED) is 0.722. The Kier molecular flexibility index (Phi) is 4.42. The van der Waals surface area contributed by atoms with E-state index in [9.17, 15) is 9.59 Å². The molecular weight excluding hydrogens is 246 g/mol. The Balaban J connectivity index is 1.86. The largest absolute Gasteiger partial charge is 0.379 e. The molecule has 2 amide bonds. The third kappa shape index (κ3) is 3.06. The Morgan fingerprint density at radius 1 is 1.42 bits per heavy atom. The minimum Gasteiger partial charge on any atom is -0.379 e. The van der Waals surface area contributed by atoms with Crippen LogP contribution in [0.4, 0.5) is 0 Å². The van der Waals surface area contributed by atoms with Gasteiger partial charge in [0.2, 0.25) is 11.8 Å². The normalized spacial score (nSPS) is 28.4. The maximum atomic E-state index is 12.3. The van der Waals surface area contributed by atoms with Crippen LogP contribution in [0.15, 0.2) is 0 Å². The van der Waals surface area contributed by atoms with Gasteiger partial charge < -0.3 is 20.7 Å². The van der Waals surface area contributed by atoms with Gasteiger partial charge in [0.1, 0.15) is 5.54 Å². The number of ether oxygens (including phenoxy) is 1. The summed E-state index contributed by atoms with van der Waals surface area (Å²) >= 11 is 0. The zero-order chi connectivity index (χ0) is 13.9. The van der Waals surface area contributed by atoms with Crippen LogP contribution in [0.25, 0.3) is 0 Å². The zero-order valence-electron chi connectivity index (χ0n) is 11.5. The molecule has 3 N–H and O–H groups in total. The first-order chi connectivity index (χ1) is 9.07. The molecule has 108 valence electrons. The number of hydrogen-bond acceptors (Lipinski definition) is 4. The number of carbonyl (C=O) groups is 2.